The van der Waals surface area contributed by atoms with Gasteiger partial charge in [0.05, 0.1) is 0 Å². The van der Waals surface area contributed by atoms with E-state index in [2.05, 4.69) is 28.8 Å². The van der Waals surface area contributed by atoms with Crippen LogP contribution in [0.2, 0.25) is 0 Å². The van der Waals surface area contributed by atoms with Crippen molar-refractivity contribution in [2.45, 2.75) is 23.8 Å². The Hall–Kier alpha value is -2.03. The molecule has 2 aromatic rings. The molecule has 0 saturated heterocycles. The predicted octanol–water partition coefficient (Wildman–Crippen LogP) is 2.93. The van der Waals surface area contributed by atoms with Crippen LogP contribution in [-0.4, -0.2) is 47.6 Å². The Balaban J connectivity index is 1.82. The van der Waals surface area contributed by atoms with E-state index in [4.69, 9.17) is 0 Å². The Morgan fingerprint density at radius 1 is 1.18 bits per heavy atom. The molecule has 1 aliphatic rings. The Bertz CT molecular complexity index is 964. The van der Waals surface area contributed by atoms with Gasteiger partial charge >= 0.3 is 0 Å². The van der Waals surface area contributed by atoms with Crippen LogP contribution >= 0.6 is 0 Å². The van der Waals surface area contributed by atoms with Crippen LogP contribution in [0.25, 0.3) is 0 Å². The van der Waals surface area contributed by atoms with Crippen molar-refractivity contribution >= 4 is 15.7 Å². The van der Waals surface area contributed by atoms with E-state index >= 15 is 0 Å². The third-order valence-electron chi connectivity index (χ3n) is 5.11. The molecule has 1 heterocycles. The van der Waals surface area contributed by atoms with Gasteiger partial charge in [-0.15, -0.1) is 0 Å². The number of benzene rings is 2. The van der Waals surface area contributed by atoms with Crippen LogP contribution in [0.3, 0.4) is 0 Å². The summed E-state index contributed by atoms with van der Waals surface area (Å²) in [7, 11) is 1.69. The van der Waals surface area contributed by atoms with Crippen molar-refractivity contribution in [3.05, 3.63) is 59.2 Å². The standard InChI is InChI=1S/C20H25F2N3O2S/c1-24(2)19(15-6-8-18-14(11-15)5-4-10-25(18)3)13-23-28(26,27)20-9-7-16(21)12-17(20)22/h6-9,11-12,19,23H,4-5,10,13H2,1-3H3. The highest BCUT2D eigenvalue weighted by Gasteiger charge is 2.24. The van der Waals surface area contributed by atoms with Crippen molar-refractivity contribution < 1.29 is 17.2 Å². The van der Waals surface area contributed by atoms with Crippen LogP contribution in [0.1, 0.15) is 23.6 Å². The Labute approximate surface area is 165 Å². The van der Waals surface area contributed by atoms with E-state index in [-0.39, 0.29) is 12.6 Å². The number of hydrogen-bond acceptors (Lipinski definition) is 4. The van der Waals surface area contributed by atoms with Gasteiger partial charge in [-0.3, -0.25) is 0 Å². The number of nitrogens with one attached hydrogen (secondary N) is 1. The third-order valence-corrected chi connectivity index (χ3v) is 6.57. The number of sulfonamides is 1. The van der Waals surface area contributed by atoms with Gasteiger partial charge in [-0.25, -0.2) is 21.9 Å². The normalized spacial score (nSPS) is 15.6. The first-order chi connectivity index (χ1) is 13.2. The molecule has 28 heavy (non-hydrogen) atoms. The monoisotopic (exact) mass is 409 g/mol. The first-order valence-electron chi connectivity index (χ1n) is 9.14. The summed E-state index contributed by atoms with van der Waals surface area (Å²) in [5.74, 6) is -1.92. The lowest BCUT2D eigenvalue weighted by molar-refractivity contribution is 0.299. The van der Waals surface area contributed by atoms with Gasteiger partial charge in [0, 0.05) is 37.9 Å². The molecular weight excluding hydrogens is 384 g/mol. The van der Waals surface area contributed by atoms with Gasteiger partial charge < -0.3 is 9.80 Å². The van der Waals surface area contributed by atoms with Crippen molar-refractivity contribution in [1.82, 2.24) is 9.62 Å². The average Bonchev–Trinajstić information content (AvgIpc) is 2.61. The van der Waals surface area contributed by atoms with Crippen molar-refractivity contribution in [3.8, 4) is 0 Å². The van der Waals surface area contributed by atoms with Crippen molar-refractivity contribution in [3.63, 3.8) is 0 Å². The van der Waals surface area contributed by atoms with Crippen LogP contribution in [0, 0.1) is 11.6 Å². The van der Waals surface area contributed by atoms with Crippen molar-refractivity contribution in [2.75, 3.05) is 39.1 Å². The van der Waals surface area contributed by atoms with Crippen LogP contribution in [-0.2, 0) is 16.4 Å². The Morgan fingerprint density at radius 3 is 2.61 bits per heavy atom. The van der Waals surface area contributed by atoms with Gasteiger partial charge in [0.25, 0.3) is 0 Å². The first-order valence-corrected chi connectivity index (χ1v) is 10.6. The fourth-order valence-electron chi connectivity index (χ4n) is 3.57. The second-order valence-electron chi connectivity index (χ2n) is 7.32. The summed E-state index contributed by atoms with van der Waals surface area (Å²) in [6.07, 6.45) is 2.07. The lowest BCUT2D eigenvalue weighted by Gasteiger charge is -2.30. The zero-order valence-corrected chi connectivity index (χ0v) is 17.1. The second-order valence-corrected chi connectivity index (χ2v) is 9.05. The molecule has 0 fully saturated rings. The fraction of sp³-hybridized carbons (Fsp3) is 0.400. The molecule has 0 amide bonds. The second kappa shape index (κ2) is 8.14. The molecule has 0 aromatic heterocycles. The Kier molecular flexibility index (Phi) is 6.02. The zero-order chi connectivity index (χ0) is 20.5. The number of likely N-dealkylation sites (N-methyl/N-ethyl adjacent to an activating group) is 1. The van der Waals surface area contributed by atoms with E-state index in [9.17, 15) is 17.2 Å². The molecule has 2 aromatic carbocycles. The number of anilines is 1. The Morgan fingerprint density at radius 2 is 1.93 bits per heavy atom. The SMILES string of the molecule is CN1CCCc2cc(C(CNS(=O)(=O)c3ccc(F)cc3F)N(C)C)ccc21. The van der Waals surface area contributed by atoms with Gasteiger partial charge in [-0.05, 0) is 56.3 Å². The van der Waals surface area contributed by atoms with E-state index in [0.29, 0.717) is 6.07 Å². The molecule has 0 bridgehead atoms. The minimum atomic E-state index is -4.10. The number of nitrogens with zero attached hydrogens (tertiary/aromatic N) is 2. The number of aryl methyl sites for hydroxylation is 1. The summed E-state index contributed by atoms with van der Waals surface area (Å²) in [6, 6.07) is 8.39. The van der Waals surface area contributed by atoms with Crippen LogP contribution < -0.4 is 9.62 Å². The molecule has 1 aliphatic heterocycles. The maximum absolute atomic E-state index is 13.9. The van der Waals surface area contributed by atoms with Crippen LogP contribution in [0.15, 0.2) is 41.3 Å². The van der Waals surface area contributed by atoms with Crippen molar-refractivity contribution in [2.24, 2.45) is 0 Å². The largest absolute Gasteiger partial charge is 0.374 e. The topological polar surface area (TPSA) is 52.7 Å². The predicted molar refractivity (Wildman–Crippen MR) is 106 cm³/mol. The molecule has 0 aliphatic carbocycles. The lowest BCUT2D eigenvalue weighted by Crippen LogP contribution is -2.35. The molecule has 5 nitrogen and oxygen atoms in total. The maximum Gasteiger partial charge on any atom is 0.243 e. The summed E-state index contributed by atoms with van der Waals surface area (Å²) in [5, 5.41) is 0. The number of rotatable bonds is 6. The van der Waals surface area contributed by atoms with Gasteiger partial charge in [0.15, 0.2) is 0 Å². The summed E-state index contributed by atoms with van der Waals surface area (Å²) in [4.78, 5) is 3.57. The summed E-state index contributed by atoms with van der Waals surface area (Å²) in [6.45, 7) is 1.09. The van der Waals surface area contributed by atoms with Gasteiger partial charge in [-0.1, -0.05) is 12.1 Å². The number of hydrogen-bond donors (Lipinski definition) is 1. The molecule has 0 radical (unpaired) electrons. The third kappa shape index (κ3) is 4.34. The van der Waals surface area contributed by atoms with Crippen LogP contribution in [0.5, 0.6) is 0 Å². The van der Waals surface area contributed by atoms with E-state index in [0.717, 1.165) is 37.1 Å². The van der Waals surface area contributed by atoms with Crippen molar-refractivity contribution in [1.29, 1.82) is 0 Å². The molecule has 8 heteroatoms. The molecule has 1 N–H and O–H groups in total. The minimum absolute atomic E-state index is 0.0702. The highest BCUT2D eigenvalue weighted by Crippen LogP contribution is 2.30. The molecular formula is C20H25F2N3O2S. The molecule has 3 rings (SSSR count). The minimum Gasteiger partial charge on any atom is -0.374 e. The highest BCUT2D eigenvalue weighted by atomic mass is 32.2. The van der Waals surface area contributed by atoms with E-state index in [1.807, 2.05) is 25.1 Å². The first kappa shape index (κ1) is 20.7. The van der Waals surface area contributed by atoms with Gasteiger partial charge in [0.2, 0.25) is 10.0 Å². The fourth-order valence-corrected chi connectivity index (χ4v) is 4.67. The average molecular weight is 410 g/mol. The smallest absolute Gasteiger partial charge is 0.243 e. The molecule has 1 unspecified atom stereocenters. The molecule has 0 spiro atoms. The van der Waals surface area contributed by atoms with E-state index < -0.39 is 26.6 Å². The van der Waals surface area contributed by atoms with Crippen LogP contribution in [0.4, 0.5) is 14.5 Å². The molecule has 1 atom stereocenters. The lowest BCUT2D eigenvalue weighted by atomic mass is 9.96. The van der Waals surface area contributed by atoms with E-state index in [1.165, 1.54) is 11.3 Å². The molecule has 0 saturated carbocycles. The quantitative estimate of drug-likeness (QED) is 0.797. The van der Waals surface area contributed by atoms with Gasteiger partial charge in [-0.2, -0.15) is 0 Å². The summed E-state index contributed by atoms with van der Waals surface area (Å²) >= 11 is 0. The number of fused-ring (bicyclic) bond motifs is 1. The summed E-state index contributed by atoms with van der Waals surface area (Å²) < 4.78 is 54.4. The highest BCUT2D eigenvalue weighted by molar-refractivity contribution is 7.89. The maximum atomic E-state index is 13.9. The number of halogens is 2. The van der Waals surface area contributed by atoms with E-state index in [1.54, 1.807) is 0 Å². The molecule has 152 valence electrons. The van der Waals surface area contributed by atoms with Gasteiger partial charge in [0.1, 0.15) is 16.5 Å². The summed E-state index contributed by atoms with van der Waals surface area (Å²) in [5.41, 5.74) is 3.42. The zero-order valence-electron chi connectivity index (χ0n) is 16.2.